The molecule has 0 saturated carbocycles. The van der Waals surface area contributed by atoms with Crippen molar-refractivity contribution in [2.75, 3.05) is 42.5 Å². The van der Waals surface area contributed by atoms with E-state index in [9.17, 15) is 9.18 Å². The lowest BCUT2D eigenvalue weighted by molar-refractivity contribution is 0.0746. The molecule has 1 aromatic heterocycles. The lowest BCUT2D eigenvalue weighted by Gasteiger charge is -2.38. The maximum absolute atomic E-state index is 14.0. The molecule has 3 heterocycles. The summed E-state index contributed by atoms with van der Waals surface area (Å²) in [7, 11) is 0. The third-order valence-electron chi connectivity index (χ3n) is 6.16. The molecule has 1 atom stereocenters. The first-order chi connectivity index (χ1) is 14.2. The van der Waals surface area contributed by atoms with Gasteiger partial charge in [-0.3, -0.25) is 9.78 Å². The van der Waals surface area contributed by atoms with Gasteiger partial charge in [0.25, 0.3) is 5.91 Å². The topological polar surface area (TPSA) is 39.7 Å². The predicted molar refractivity (Wildman–Crippen MR) is 114 cm³/mol. The van der Waals surface area contributed by atoms with E-state index in [2.05, 4.69) is 16.8 Å². The highest BCUT2D eigenvalue weighted by molar-refractivity contribution is 5.95. The number of halogens is 1. The SMILES string of the molecule is CCC1CCCCN1c1cncc(C(=O)N2CCN(c3ccccc3F)CC2)c1. The van der Waals surface area contributed by atoms with Gasteiger partial charge in [-0.25, -0.2) is 4.39 Å². The van der Waals surface area contributed by atoms with Gasteiger partial charge >= 0.3 is 0 Å². The Morgan fingerprint density at radius 2 is 1.90 bits per heavy atom. The van der Waals surface area contributed by atoms with Gasteiger partial charge in [0.2, 0.25) is 0 Å². The molecule has 0 aliphatic carbocycles. The van der Waals surface area contributed by atoms with Crippen LogP contribution in [0.1, 0.15) is 43.0 Å². The van der Waals surface area contributed by atoms with Crippen molar-refractivity contribution in [3.8, 4) is 0 Å². The number of aromatic nitrogens is 1. The zero-order chi connectivity index (χ0) is 20.2. The number of piperazine rings is 1. The van der Waals surface area contributed by atoms with Crippen LogP contribution in [0.5, 0.6) is 0 Å². The fraction of sp³-hybridized carbons (Fsp3) is 0.478. The summed E-state index contributed by atoms with van der Waals surface area (Å²) in [6.07, 6.45) is 8.31. The van der Waals surface area contributed by atoms with Crippen molar-refractivity contribution < 1.29 is 9.18 Å². The highest BCUT2D eigenvalue weighted by Gasteiger charge is 2.26. The number of anilines is 2. The molecule has 5 nitrogen and oxygen atoms in total. The number of pyridine rings is 1. The predicted octanol–water partition coefficient (Wildman–Crippen LogP) is 3.95. The van der Waals surface area contributed by atoms with E-state index < -0.39 is 0 Å². The summed E-state index contributed by atoms with van der Waals surface area (Å²) in [5, 5.41) is 0. The van der Waals surface area contributed by atoms with Crippen LogP contribution in [0.15, 0.2) is 42.7 Å². The first-order valence-electron chi connectivity index (χ1n) is 10.7. The van der Waals surface area contributed by atoms with Crippen LogP contribution in [-0.4, -0.2) is 54.6 Å². The Labute approximate surface area is 172 Å². The lowest BCUT2D eigenvalue weighted by atomic mass is 9.99. The molecule has 1 aromatic carbocycles. The molecule has 0 N–H and O–H groups in total. The molecule has 2 aliphatic rings. The van der Waals surface area contributed by atoms with Crippen LogP contribution in [0, 0.1) is 5.82 Å². The van der Waals surface area contributed by atoms with Gasteiger partial charge in [-0.1, -0.05) is 19.1 Å². The van der Waals surface area contributed by atoms with Crippen molar-refractivity contribution in [3.63, 3.8) is 0 Å². The number of piperidine rings is 1. The van der Waals surface area contributed by atoms with Gasteiger partial charge in [-0.15, -0.1) is 0 Å². The van der Waals surface area contributed by atoms with Gasteiger partial charge in [-0.05, 0) is 43.9 Å². The van der Waals surface area contributed by atoms with E-state index in [0.717, 1.165) is 18.7 Å². The van der Waals surface area contributed by atoms with Gasteiger partial charge in [0.1, 0.15) is 5.82 Å². The van der Waals surface area contributed by atoms with Gasteiger partial charge in [0.15, 0.2) is 0 Å². The van der Waals surface area contributed by atoms with Crippen molar-refractivity contribution >= 4 is 17.3 Å². The fourth-order valence-electron chi connectivity index (χ4n) is 4.51. The number of amides is 1. The quantitative estimate of drug-likeness (QED) is 0.785. The van der Waals surface area contributed by atoms with E-state index in [0.29, 0.717) is 43.5 Å². The summed E-state index contributed by atoms with van der Waals surface area (Å²) in [5.74, 6) is -0.200. The minimum absolute atomic E-state index is 0.0117. The number of carbonyl (C=O) groups is 1. The number of hydrogen-bond donors (Lipinski definition) is 0. The second-order valence-corrected chi connectivity index (χ2v) is 7.91. The number of rotatable bonds is 4. The average Bonchev–Trinajstić information content (AvgIpc) is 2.79. The molecule has 1 amide bonds. The Hall–Kier alpha value is -2.63. The molecule has 29 heavy (non-hydrogen) atoms. The number of nitrogens with zero attached hydrogens (tertiary/aromatic N) is 4. The Morgan fingerprint density at radius 3 is 2.66 bits per heavy atom. The Balaban J connectivity index is 1.43. The van der Waals surface area contributed by atoms with Crippen LogP contribution < -0.4 is 9.80 Å². The first-order valence-corrected chi connectivity index (χ1v) is 10.7. The maximum atomic E-state index is 14.0. The van der Waals surface area contributed by atoms with Crippen molar-refractivity contribution in [1.29, 1.82) is 0 Å². The largest absolute Gasteiger partial charge is 0.367 e. The molecule has 2 aliphatic heterocycles. The Morgan fingerprint density at radius 1 is 1.10 bits per heavy atom. The van der Waals surface area contributed by atoms with Gasteiger partial charge in [-0.2, -0.15) is 0 Å². The normalized spacial score (nSPS) is 20.1. The number of benzene rings is 1. The van der Waals surface area contributed by atoms with E-state index in [1.54, 1.807) is 18.3 Å². The molecule has 1 unspecified atom stereocenters. The second-order valence-electron chi connectivity index (χ2n) is 7.91. The zero-order valence-electron chi connectivity index (χ0n) is 17.1. The fourth-order valence-corrected chi connectivity index (χ4v) is 4.51. The summed E-state index contributed by atoms with van der Waals surface area (Å²) >= 11 is 0. The average molecular weight is 397 g/mol. The molecular formula is C23H29FN4O. The van der Waals surface area contributed by atoms with E-state index in [1.807, 2.05) is 28.1 Å². The van der Waals surface area contributed by atoms with Gasteiger partial charge in [0.05, 0.1) is 23.1 Å². The molecule has 0 bridgehead atoms. The summed E-state index contributed by atoms with van der Waals surface area (Å²) in [6.45, 7) is 5.67. The van der Waals surface area contributed by atoms with E-state index in [-0.39, 0.29) is 11.7 Å². The molecule has 0 spiro atoms. The minimum Gasteiger partial charge on any atom is -0.367 e. The standard InChI is InChI=1S/C23H29FN4O/c1-2-19-7-5-6-10-28(19)20-15-18(16-25-17-20)23(29)27-13-11-26(12-14-27)22-9-4-3-8-21(22)24/h3-4,8-9,15-17,19H,2,5-7,10-14H2,1H3. The molecule has 154 valence electrons. The molecule has 2 aromatic rings. The minimum atomic E-state index is -0.212. The highest BCUT2D eigenvalue weighted by atomic mass is 19.1. The molecule has 2 saturated heterocycles. The Bertz CT molecular complexity index is 850. The maximum Gasteiger partial charge on any atom is 0.255 e. The van der Waals surface area contributed by atoms with E-state index in [4.69, 9.17) is 0 Å². The van der Waals surface area contributed by atoms with E-state index >= 15 is 0 Å². The number of para-hydroxylation sites is 1. The van der Waals surface area contributed by atoms with Crippen molar-refractivity contribution in [3.05, 3.63) is 54.1 Å². The molecular weight excluding hydrogens is 367 g/mol. The summed E-state index contributed by atoms with van der Waals surface area (Å²) in [5.41, 5.74) is 2.30. The van der Waals surface area contributed by atoms with Crippen LogP contribution in [-0.2, 0) is 0 Å². The third kappa shape index (κ3) is 4.21. The smallest absolute Gasteiger partial charge is 0.255 e. The molecule has 4 rings (SSSR count). The summed E-state index contributed by atoms with van der Waals surface area (Å²) in [4.78, 5) is 23.7. The molecule has 2 fully saturated rings. The van der Waals surface area contributed by atoms with Crippen molar-refractivity contribution in [2.45, 2.75) is 38.6 Å². The second kappa shape index (κ2) is 8.80. The van der Waals surface area contributed by atoms with Crippen LogP contribution in [0.2, 0.25) is 0 Å². The van der Waals surface area contributed by atoms with Crippen LogP contribution in [0.3, 0.4) is 0 Å². The number of hydrogen-bond acceptors (Lipinski definition) is 4. The lowest BCUT2D eigenvalue weighted by Crippen LogP contribution is -2.49. The Kier molecular flexibility index (Phi) is 5.97. The van der Waals surface area contributed by atoms with Gasteiger partial charge in [0, 0.05) is 45.0 Å². The number of carbonyl (C=O) groups excluding carboxylic acids is 1. The van der Waals surface area contributed by atoms with Crippen LogP contribution in [0.4, 0.5) is 15.8 Å². The highest BCUT2D eigenvalue weighted by Crippen LogP contribution is 2.27. The van der Waals surface area contributed by atoms with Gasteiger partial charge < -0.3 is 14.7 Å². The van der Waals surface area contributed by atoms with Crippen LogP contribution in [0.25, 0.3) is 0 Å². The summed E-state index contributed by atoms with van der Waals surface area (Å²) in [6, 6.07) is 9.34. The van der Waals surface area contributed by atoms with Crippen molar-refractivity contribution in [1.82, 2.24) is 9.88 Å². The van der Waals surface area contributed by atoms with Crippen LogP contribution >= 0.6 is 0 Å². The van der Waals surface area contributed by atoms with E-state index in [1.165, 1.54) is 25.3 Å². The van der Waals surface area contributed by atoms with Crippen molar-refractivity contribution in [2.24, 2.45) is 0 Å². The monoisotopic (exact) mass is 396 g/mol. The molecule has 0 radical (unpaired) electrons. The first kappa shape index (κ1) is 19.7. The summed E-state index contributed by atoms with van der Waals surface area (Å²) < 4.78 is 14.0. The third-order valence-corrected chi connectivity index (χ3v) is 6.16. The molecule has 6 heteroatoms. The zero-order valence-corrected chi connectivity index (χ0v) is 17.1.